The van der Waals surface area contributed by atoms with Crippen molar-refractivity contribution in [1.82, 2.24) is 0 Å². The van der Waals surface area contributed by atoms with Crippen LogP contribution in [0.3, 0.4) is 0 Å². The topological polar surface area (TPSA) is 21.6 Å². The van der Waals surface area contributed by atoms with Crippen LogP contribution in [0.15, 0.2) is 35.3 Å². The summed E-state index contributed by atoms with van der Waals surface area (Å²) in [5.74, 6) is 0.875. The van der Waals surface area contributed by atoms with E-state index in [0.29, 0.717) is 0 Å². The molecule has 1 aromatic carbocycles. The predicted molar refractivity (Wildman–Crippen MR) is 70.3 cm³/mol. The van der Waals surface area contributed by atoms with Crippen LogP contribution in [-0.4, -0.2) is 18.9 Å². The van der Waals surface area contributed by atoms with E-state index in [-0.39, 0.29) is 5.54 Å². The minimum atomic E-state index is -0.00967. The molecule has 0 spiro atoms. The van der Waals surface area contributed by atoms with E-state index in [1.807, 2.05) is 42.6 Å². The fourth-order valence-corrected chi connectivity index (χ4v) is 1.14. The maximum atomic E-state index is 5.09. The molecule has 0 aromatic heterocycles. The smallest absolute Gasteiger partial charge is 0.118 e. The van der Waals surface area contributed by atoms with Gasteiger partial charge in [-0.1, -0.05) is 18.2 Å². The van der Waals surface area contributed by atoms with Gasteiger partial charge in [0.2, 0.25) is 0 Å². The molecule has 0 amide bonds. The summed E-state index contributed by atoms with van der Waals surface area (Å²) in [5, 5.41) is 0. The monoisotopic (exact) mass is 217 g/mol. The summed E-state index contributed by atoms with van der Waals surface area (Å²) in [6.45, 7) is 6.22. The number of ether oxygens (including phenoxy) is 1. The minimum absolute atomic E-state index is 0.00967. The summed E-state index contributed by atoms with van der Waals surface area (Å²) in [6.07, 6.45) is 5.81. The van der Waals surface area contributed by atoms with Gasteiger partial charge in [-0.2, -0.15) is 0 Å². The zero-order valence-corrected chi connectivity index (χ0v) is 10.4. The zero-order chi connectivity index (χ0) is 12.0. The van der Waals surface area contributed by atoms with Crippen LogP contribution in [0, 0.1) is 0 Å². The molecular weight excluding hydrogens is 198 g/mol. The zero-order valence-electron chi connectivity index (χ0n) is 10.4. The fourth-order valence-electron chi connectivity index (χ4n) is 1.14. The lowest BCUT2D eigenvalue weighted by Gasteiger charge is -2.09. The van der Waals surface area contributed by atoms with Gasteiger partial charge >= 0.3 is 0 Å². The summed E-state index contributed by atoms with van der Waals surface area (Å²) in [5.41, 5.74) is 1.13. The fraction of sp³-hybridized carbons (Fsp3) is 0.357. The van der Waals surface area contributed by atoms with E-state index >= 15 is 0 Å². The van der Waals surface area contributed by atoms with Crippen molar-refractivity contribution in [2.24, 2.45) is 4.99 Å². The molecule has 1 rings (SSSR count). The molecule has 16 heavy (non-hydrogen) atoms. The molecule has 0 heterocycles. The van der Waals surface area contributed by atoms with Crippen molar-refractivity contribution in [3.63, 3.8) is 0 Å². The lowest BCUT2D eigenvalue weighted by Crippen LogP contribution is -2.08. The van der Waals surface area contributed by atoms with Crippen molar-refractivity contribution >= 4 is 12.3 Å². The average molecular weight is 217 g/mol. The molecule has 0 saturated carbocycles. The quantitative estimate of drug-likeness (QED) is 0.709. The summed E-state index contributed by atoms with van der Waals surface area (Å²) < 4.78 is 5.09. The Bertz CT molecular complexity index is 369. The maximum absolute atomic E-state index is 5.09. The third-order valence-corrected chi connectivity index (χ3v) is 1.95. The third kappa shape index (κ3) is 4.78. The molecule has 0 N–H and O–H groups in total. The van der Waals surface area contributed by atoms with Crippen LogP contribution < -0.4 is 4.74 Å². The van der Waals surface area contributed by atoms with Gasteiger partial charge in [-0.3, -0.25) is 4.99 Å². The van der Waals surface area contributed by atoms with E-state index in [1.165, 1.54) is 0 Å². The van der Waals surface area contributed by atoms with Gasteiger partial charge in [-0.05, 0) is 44.5 Å². The third-order valence-electron chi connectivity index (χ3n) is 1.95. The van der Waals surface area contributed by atoms with Crippen LogP contribution in [0.4, 0.5) is 0 Å². The van der Waals surface area contributed by atoms with Gasteiger partial charge in [0, 0.05) is 6.21 Å². The second kappa shape index (κ2) is 5.50. The molecule has 0 aliphatic rings. The Morgan fingerprint density at radius 1 is 1.12 bits per heavy atom. The van der Waals surface area contributed by atoms with Crippen LogP contribution in [-0.2, 0) is 0 Å². The van der Waals surface area contributed by atoms with E-state index in [4.69, 9.17) is 4.74 Å². The summed E-state index contributed by atoms with van der Waals surface area (Å²) in [7, 11) is 1.67. The standard InChI is InChI=1S/C14H19NO/c1-14(2,3)15-11-5-6-12-7-9-13(16-4)10-8-12/h5-11H,1-4H3/b6-5+,15-11?. The SMILES string of the molecule is COc1ccc(/C=C/C=NC(C)(C)C)cc1. The Labute approximate surface area is 97.7 Å². The van der Waals surface area contributed by atoms with Crippen LogP contribution >= 0.6 is 0 Å². The molecule has 0 unspecified atom stereocenters. The highest BCUT2D eigenvalue weighted by atomic mass is 16.5. The van der Waals surface area contributed by atoms with Crippen molar-refractivity contribution in [3.8, 4) is 5.75 Å². The molecule has 0 fully saturated rings. The predicted octanol–water partition coefficient (Wildman–Crippen LogP) is 3.58. The Balaban J connectivity index is 2.60. The highest BCUT2D eigenvalue weighted by molar-refractivity contribution is 5.78. The first-order valence-corrected chi connectivity index (χ1v) is 5.37. The van der Waals surface area contributed by atoms with E-state index in [9.17, 15) is 0 Å². The van der Waals surface area contributed by atoms with E-state index in [2.05, 4.69) is 25.8 Å². The van der Waals surface area contributed by atoms with Gasteiger partial charge in [0.05, 0.1) is 12.6 Å². The second-order valence-corrected chi connectivity index (χ2v) is 4.58. The van der Waals surface area contributed by atoms with Crippen molar-refractivity contribution in [3.05, 3.63) is 35.9 Å². The summed E-state index contributed by atoms with van der Waals surface area (Å²) >= 11 is 0. The van der Waals surface area contributed by atoms with E-state index in [1.54, 1.807) is 7.11 Å². The largest absolute Gasteiger partial charge is 0.497 e. The number of allylic oxidation sites excluding steroid dienone is 1. The first kappa shape index (κ1) is 12.5. The van der Waals surface area contributed by atoms with Crippen LogP contribution in [0.1, 0.15) is 26.3 Å². The van der Waals surface area contributed by atoms with Gasteiger partial charge in [0.15, 0.2) is 0 Å². The Hall–Kier alpha value is -1.57. The molecule has 0 aliphatic heterocycles. The van der Waals surface area contributed by atoms with Crippen LogP contribution in [0.25, 0.3) is 6.08 Å². The number of methoxy groups -OCH3 is 1. The van der Waals surface area contributed by atoms with E-state index in [0.717, 1.165) is 11.3 Å². The lowest BCUT2D eigenvalue weighted by molar-refractivity contribution is 0.415. The molecule has 2 heteroatoms. The first-order valence-electron chi connectivity index (χ1n) is 5.37. The van der Waals surface area contributed by atoms with Gasteiger partial charge < -0.3 is 4.74 Å². The van der Waals surface area contributed by atoms with Crippen molar-refractivity contribution in [2.45, 2.75) is 26.3 Å². The molecule has 0 saturated heterocycles. The van der Waals surface area contributed by atoms with Gasteiger partial charge in [-0.15, -0.1) is 0 Å². The Kier molecular flexibility index (Phi) is 4.29. The van der Waals surface area contributed by atoms with E-state index < -0.39 is 0 Å². The van der Waals surface area contributed by atoms with Gasteiger partial charge in [-0.25, -0.2) is 0 Å². The molecule has 0 bridgehead atoms. The second-order valence-electron chi connectivity index (χ2n) is 4.58. The Morgan fingerprint density at radius 3 is 2.25 bits per heavy atom. The molecule has 1 aromatic rings. The summed E-state index contributed by atoms with van der Waals surface area (Å²) in [6, 6.07) is 7.92. The van der Waals surface area contributed by atoms with Crippen molar-refractivity contribution in [2.75, 3.05) is 7.11 Å². The molecule has 0 radical (unpaired) electrons. The number of benzene rings is 1. The normalized spacial score (nSPS) is 12.5. The minimum Gasteiger partial charge on any atom is -0.497 e. The van der Waals surface area contributed by atoms with Crippen LogP contribution in [0.2, 0.25) is 0 Å². The van der Waals surface area contributed by atoms with Crippen molar-refractivity contribution in [1.29, 1.82) is 0 Å². The number of hydrogen-bond acceptors (Lipinski definition) is 2. The van der Waals surface area contributed by atoms with Crippen LogP contribution in [0.5, 0.6) is 5.75 Å². The maximum Gasteiger partial charge on any atom is 0.118 e. The van der Waals surface area contributed by atoms with Gasteiger partial charge in [0.1, 0.15) is 5.75 Å². The number of rotatable bonds is 3. The Morgan fingerprint density at radius 2 is 1.75 bits per heavy atom. The highest BCUT2D eigenvalue weighted by Crippen LogP contribution is 2.12. The first-order chi connectivity index (χ1) is 7.51. The molecule has 2 nitrogen and oxygen atoms in total. The number of hydrogen-bond donors (Lipinski definition) is 0. The molecular formula is C14H19NO. The number of aliphatic imine (C=N–C) groups is 1. The van der Waals surface area contributed by atoms with Gasteiger partial charge in [0.25, 0.3) is 0 Å². The molecule has 0 aliphatic carbocycles. The molecule has 0 atom stereocenters. The highest BCUT2D eigenvalue weighted by Gasteiger charge is 2.03. The van der Waals surface area contributed by atoms with Crippen molar-refractivity contribution < 1.29 is 4.74 Å². The summed E-state index contributed by atoms with van der Waals surface area (Å²) in [4.78, 5) is 4.37. The number of nitrogens with zero attached hydrogens (tertiary/aromatic N) is 1. The average Bonchev–Trinajstić information content (AvgIpc) is 2.24. The molecule has 86 valence electrons. The lowest BCUT2D eigenvalue weighted by atomic mass is 10.1.